The number of furan rings is 1. The minimum atomic E-state index is -0.393. The van der Waals surface area contributed by atoms with Crippen molar-refractivity contribution in [2.24, 2.45) is 0 Å². The summed E-state index contributed by atoms with van der Waals surface area (Å²) in [7, 11) is 1.53. The summed E-state index contributed by atoms with van der Waals surface area (Å²) in [6.45, 7) is 4.59. The number of carbonyl (C=O) groups excluding carboxylic acids is 3. The summed E-state index contributed by atoms with van der Waals surface area (Å²) in [4.78, 5) is 40.9. The van der Waals surface area contributed by atoms with Gasteiger partial charge in [-0.3, -0.25) is 14.4 Å². The first-order valence-corrected chi connectivity index (χ1v) is 10.4. The highest BCUT2D eigenvalue weighted by Gasteiger charge is 2.27. The van der Waals surface area contributed by atoms with Gasteiger partial charge in [-0.15, -0.1) is 0 Å². The molecule has 1 aromatic heterocycles. The number of nitrogens with zero attached hydrogens (tertiary/aromatic N) is 2. The maximum absolute atomic E-state index is 13.0. The lowest BCUT2D eigenvalue weighted by molar-refractivity contribution is -0.136. The molecule has 0 radical (unpaired) electrons. The maximum atomic E-state index is 13.0. The number of aryl methyl sites for hydroxylation is 1. The number of hydrogen-bond donors (Lipinski definition) is 1. The summed E-state index contributed by atoms with van der Waals surface area (Å²) < 4.78 is 10.8. The number of ether oxygens (including phenoxy) is 1. The van der Waals surface area contributed by atoms with Gasteiger partial charge in [0.25, 0.3) is 5.91 Å². The molecule has 3 amide bonds. The van der Waals surface area contributed by atoms with Crippen LogP contribution in [0, 0.1) is 13.8 Å². The largest absolute Gasteiger partial charge is 0.459 e. The fourth-order valence-electron chi connectivity index (χ4n) is 3.50. The van der Waals surface area contributed by atoms with E-state index >= 15 is 0 Å². The third-order valence-corrected chi connectivity index (χ3v) is 5.46. The molecular weight excluding hydrogens is 398 g/mol. The molecule has 3 rings (SSSR count). The van der Waals surface area contributed by atoms with E-state index in [0.717, 1.165) is 29.7 Å². The first-order chi connectivity index (χ1) is 14.8. The van der Waals surface area contributed by atoms with Crippen molar-refractivity contribution in [1.29, 1.82) is 0 Å². The summed E-state index contributed by atoms with van der Waals surface area (Å²) >= 11 is 0. The van der Waals surface area contributed by atoms with Crippen LogP contribution >= 0.6 is 0 Å². The van der Waals surface area contributed by atoms with Gasteiger partial charge in [0.05, 0.1) is 18.9 Å². The van der Waals surface area contributed by atoms with Crippen LogP contribution in [0.1, 0.15) is 34.5 Å². The minimum absolute atomic E-state index is 0.108. The summed E-state index contributed by atoms with van der Waals surface area (Å²) in [5.41, 5.74) is 2.78. The Balaban J connectivity index is 1.66. The van der Waals surface area contributed by atoms with Crippen LogP contribution in [0.2, 0.25) is 0 Å². The first kappa shape index (κ1) is 22.6. The van der Waals surface area contributed by atoms with E-state index in [2.05, 4.69) is 5.32 Å². The maximum Gasteiger partial charge on any atom is 0.289 e. The quantitative estimate of drug-likeness (QED) is 0.699. The number of likely N-dealkylation sites (N-methyl/N-ethyl adjacent to an activating group) is 1. The summed E-state index contributed by atoms with van der Waals surface area (Å²) in [5, 5.41) is 2.89. The summed E-state index contributed by atoms with van der Waals surface area (Å²) in [5.74, 6) is -0.849. The fourth-order valence-corrected chi connectivity index (χ4v) is 3.50. The number of anilines is 1. The zero-order valence-corrected chi connectivity index (χ0v) is 18.2. The van der Waals surface area contributed by atoms with Gasteiger partial charge < -0.3 is 24.3 Å². The molecule has 1 N–H and O–H groups in total. The molecule has 8 nitrogen and oxygen atoms in total. The Kier molecular flexibility index (Phi) is 7.46. The van der Waals surface area contributed by atoms with E-state index in [0.29, 0.717) is 13.2 Å². The fraction of sp³-hybridized carbons (Fsp3) is 0.435. The van der Waals surface area contributed by atoms with Gasteiger partial charge in [0, 0.05) is 25.9 Å². The molecule has 2 heterocycles. The molecule has 0 saturated carbocycles. The minimum Gasteiger partial charge on any atom is -0.459 e. The van der Waals surface area contributed by atoms with Crippen LogP contribution in [-0.2, 0) is 14.3 Å². The van der Waals surface area contributed by atoms with Crippen LogP contribution < -0.4 is 5.32 Å². The van der Waals surface area contributed by atoms with Gasteiger partial charge in [-0.2, -0.15) is 0 Å². The van der Waals surface area contributed by atoms with E-state index in [4.69, 9.17) is 9.15 Å². The average molecular weight is 428 g/mol. The third kappa shape index (κ3) is 5.95. The van der Waals surface area contributed by atoms with Crippen molar-refractivity contribution in [2.75, 3.05) is 38.6 Å². The highest BCUT2D eigenvalue weighted by atomic mass is 16.5. The van der Waals surface area contributed by atoms with Crippen molar-refractivity contribution in [1.82, 2.24) is 9.80 Å². The van der Waals surface area contributed by atoms with E-state index in [1.54, 1.807) is 12.1 Å². The van der Waals surface area contributed by atoms with Crippen molar-refractivity contribution in [2.45, 2.75) is 32.8 Å². The van der Waals surface area contributed by atoms with Crippen LogP contribution in [0.5, 0.6) is 0 Å². The lowest BCUT2D eigenvalue weighted by atomic mass is 10.1. The predicted octanol–water partition coefficient (Wildman–Crippen LogP) is 2.61. The van der Waals surface area contributed by atoms with E-state index in [1.165, 1.54) is 23.1 Å². The molecule has 0 spiro atoms. The van der Waals surface area contributed by atoms with Crippen LogP contribution in [-0.4, -0.2) is 66.9 Å². The Bertz CT molecular complexity index is 919. The average Bonchev–Trinajstić information content (AvgIpc) is 3.44. The van der Waals surface area contributed by atoms with Gasteiger partial charge in [0.2, 0.25) is 11.8 Å². The van der Waals surface area contributed by atoms with Crippen molar-refractivity contribution in [3.63, 3.8) is 0 Å². The highest BCUT2D eigenvalue weighted by molar-refractivity contribution is 5.97. The summed E-state index contributed by atoms with van der Waals surface area (Å²) in [6, 6.07) is 8.85. The standard InChI is InChI=1S/C23H29N3O5/c1-16-7-4-9-19(17(16)2)24-21(27)14-26(13-18-8-5-11-30-18)22(28)15-25(3)23(29)20-10-6-12-31-20/h4,6-7,9-10,12,18H,5,8,11,13-15H2,1-3H3,(H,24,27). The molecule has 31 heavy (non-hydrogen) atoms. The van der Waals surface area contributed by atoms with E-state index in [9.17, 15) is 14.4 Å². The Hall–Kier alpha value is -3.13. The van der Waals surface area contributed by atoms with Gasteiger partial charge in [-0.1, -0.05) is 12.1 Å². The highest BCUT2D eigenvalue weighted by Crippen LogP contribution is 2.18. The van der Waals surface area contributed by atoms with E-state index in [1.807, 2.05) is 32.0 Å². The molecule has 1 aliphatic heterocycles. The summed E-state index contributed by atoms with van der Waals surface area (Å²) in [6.07, 6.45) is 3.06. The number of amides is 3. The molecule has 1 aliphatic rings. The third-order valence-electron chi connectivity index (χ3n) is 5.46. The number of benzene rings is 1. The van der Waals surface area contributed by atoms with Crippen LogP contribution in [0.4, 0.5) is 5.69 Å². The van der Waals surface area contributed by atoms with E-state index in [-0.39, 0.29) is 36.8 Å². The number of rotatable bonds is 8. The Labute approximate surface area is 182 Å². The molecule has 1 atom stereocenters. The second-order valence-electron chi connectivity index (χ2n) is 7.84. The van der Waals surface area contributed by atoms with Gasteiger partial charge >= 0.3 is 0 Å². The Morgan fingerprint density at radius 3 is 2.61 bits per heavy atom. The van der Waals surface area contributed by atoms with Crippen molar-refractivity contribution in [3.05, 3.63) is 53.5 Å². The number of hydrogen-bond acceptors (Lipinski definition) is 5. The van der Waals surface area contributed by atoms with Gasteiger partial charge in [0.1, 0.15) is 6.54 Å². The molecular formula is C23H29N3O5. The molecule has 1 unspecified atom stereocenters. The Morgan fingerprint density at radius 1 is 1.13 bits per heavy atom. The van der Waals surface area contributed by atoms with Crippen molar-refractivity contribution < 1.29 is 23.5 Å². The molecule has 166 valence electrons. The number of nitrogens with one attached hydrogen (secondary N) is 1. The van der Waals surface area contributed by atoms with Gasteiger partial charge in [-0.05, 0) is 56.0 Å². The molecule has 0 aliphatic carbocycles. The van der Waals surface area contributed by atoms with Gasteiger partial charge in [-0.25, -0.2) is 0 Å². The lowest BCUT2D eigenvalue weighted by Crippen LogP contribution is -2.47. The predicted molar refractivity (Wildman–Crippen MR) is 116 cm³/mol. The SMILES string of the molecule is Cc1cccc(NC(=O)CN(CC2CCCO2)C(=O)CN(C)C(=O)c2ccco2)c1C. The smallest absolute Gasteiger partial charge is 0.289 e. The van der Waals surface area contributed by atoms with Crippen molar-refractivity contribution in [3.8, 4) is 0 Å². The Morgan fingerprint density at radius 2 is 1.94 bits per heavy atom. The molecule has 1 saturated heterocycles. The molecule has 1 fully saturated rings. The molecule has 8 heteroatoms. The van der Waals surface area contributed by atoms with Crippen molar-refractivity contribution >= 4 is 23.4 Å². The van der Waals surface area contributed by atoms with Gasteiger partial charge in [0.15, 0.2) is 5.76 Å². The lowest BCUT2D eigenvalue weighted by Gasteiger charge is -2.27. The molecule has 2 aromatic rings. The monoisotopic (exact) mass is 427 g/mol. The first-order valence-electron chi connectivity index (χ1n) is 10.4. The van der Waals surface area contributed by atoms with Crippen LogP contribution in [0.3, 0.4) is 0 Å². The molecule has 0 bridgehead atoms. The van der Waals surface area contributed by atoms with Crippen LogP contribution in [0.15, 0.2) is 41.0 Å². The second-order valence-corrected chi connectivity index (χ2v) is 7.84. The molecule has 1 aromatic carbocycles. The van der Waals surface area contributed by atoms with E-state index < -0.39 is 5.91 Å². The zero-order chi connectivity index (χ0) is 22.4. The second kappa shape index (κ2) is 10.3. The zero-order valence-electron chi connectivity index (χ0n) is 18.2. The normalized spacial score (nSPS) is 15.5. The topological polar surface area (TPSA) is 92.1 Å². The van der Waals surface area contributed by atoms with Crippen LogP contribution in [0.25, 0.3) is 0 Å². The number of carbonyl (C=O) groups is 3.